The lowest BCUT2D eigenvalue weighted by Crippen LogP contribution is -2.39. The van der Waals surface area contributed by atoms with Crippen LogP contribution in [0.15, 0.2) is 22.7 Å². The average molecular weight is 304 g/mol. The Hall–Kier alpha value is -0.250. The molecule has 1 atom stereocenters. The molecule has 2 rings (SSSR count). The third-order valence-electron chi connectivity index (χ3n) is 2.91. The van der Waals surface area contributed by atoms with Crippen molar-refractivity contribution in [2.45, 2.75) is 18.9 Å². The van der Waals surface area contributed by atoms with Crippen molar-refractivity contribution in [2.24, 2.45) is 0 Å². The molecule has 1 heterocycles. The number of nitrogens with zero attached hydrogens (tertiary/aromatic N) is 1. The predicted molar refractivity (Wildman–Crippen MR) is 73.3 cm³/mol. The van der Waals surface area contributed by atoms with E-state index in [4.69, 9.17) is 11.6 Å². The van der Waals surface area contributed by atoms with Crippen molar-refractivity contribution in [1.29, 1.82) is 0 Å². The van der Waals surface area contributed by atoms with Gasteiger partial charge in [0.15, 0.2) is 0 Å². The van der Waals surface area contributed by atoms with Crippen LogP contribution in [0.4, 0.5) is 5.69 Å². The second-order valence-electron chi connectivity index (χ2n) is 4.37. The first-order chi connectivity index (χ1) is 7.65. The predicted octanol–water partition coefficient (Wildman–Crippen LogP) is 3.61. The summed E-state index contributed by atoms with van der Waals surface area (Å²) in [7, 11) is 2.17. The van der Waals surface area contributed by atoms with E-state index >= 15 is 0 Å². The Labute approximate surface area is 110 Å². The summed E-state index contributed by atoms with van der Waals surface area (Å²) in [6, 6.07) is 6.53. The average Bonchev–Trinajstić information content (AvgIpc) is 2.24. The van der Waals surface area contributed by atoms with E-state index in [-0.39, 0.29) is 0 Å². The zero-order valence-corrected chi connectivity index (χ0v) is 11.7. The minimum Gasteiger partial charge on any atom is -0.381 e. The molecule has 4 heteroatoms. The number of hydrogen-bond donors (Lipinski definition) is 1. The molecule has 1 aliphatic rings. The monoisotopic (exact) mass is 302 g/mol. The Kier molecular flexibility index (Phi) is 4.11. The second-order valence-corrected chi connectivity index (χ2v) is 5.64. The Morgan fingerprint density at radius 2 is 2.31 bits per heavy atom. The molecule has 1 saturated heterocycles. The SMILES string of the molecule is CN1CCCC(Nc2ccc(Cl)c(Br)c2)C1. The Bertz CT molecular complexity index is 370. The fourth-order valence-corrected chi connectivity index (χ4v) is 2.60. The van der Waals surface area contributed by atoms with Crippen molar-refractivity contribution >= 4 is 33.2 Å². The van der Waals surface area contributed by atoms with E-state index in [0.717, 1.165) is 21.7 Å². The molecule has 16 heavy (non-hydrogen) atoms. The van der Waals surface area contributed by atoms with Crippen LogP contribution in [0, 0.1) is 0 Å². The molecule has 0 spiro atoms. The first-order valence-corrected chi connectivity index (χ1v) is 6.72. The van der Waals surface area contributed by atoms with Crippen LogP contribution >= 0.6 is 27.5 Å². The molecular formula is C12H16BrClN2. The maximum absolute atomic E-state index is 5.96. The Morgan fingerprint density at radius 1 is 1.50 bits per heavy atom. The van der Waals surface area contributed by atoms with Crippen LogP contribution in [0.5, 0.6) is 0 Å². The molecule has 0 aliphatic carbocycles. The van der Waals surface area contributed by atoms with Gasteiger partial charge in [-0.05, 0) is 60.6 Å². The van der Waals surface area contributed by atoms with Crippen molar-refractivity contribution in [2.75, 3.05) is 25.5 Å². The van der Waals surface area contributed by atoms with Crippen LogP contribution in [-0.2, 0) is 0 Å². The van der Waals surface area contributed by atoms with Crippen molar-refractivity contribution in [1.82, 2.24) is 4.90 Å². The van der Waals surface area contributed by atoms with Gasteiger partial charge in [-0.1, -0.05) is 11.6 Å². The summed E-state index contributed by atoms with van der Waals surface area (Å²) >= 11 is 9.40. The topological polar surface area (TPSA) is 15.3 Å². The van der Waals surface area contributed by atoms with E-state index in [1.807, 2.05) is 18.2 Å². The third-order valence-corrected chi connectivity index (χ3v) is 4.13. The van der Waals surface area contributed by atoms with Gasteiger partial charge in [-0.25, -0.2) is 0 Å². The fourth-order valence-electron chi connectivity index (χ4n) is 2.11. The maximum Gasteiger partial charge on any atom is 0.0549 e. The number of likely N-dealkylation sites (N-methyl/N-ethyl adjacent to an activating group) is 1. The summed E-state index contributed by atoms with van der Waals surface area (Å²) < 4.78 is 0.948. The van der Waals surface area contributed by atoms with Gasteiger partial charge in [0.25, 0.3) is 0 Å². The number of hydrogen-bond acceptors (Lipinski definition) is 2. The highest BCUT2D eigenvalue weighted by molar-refractivity contribution is 9.10. The molecule has 1 aromatic rings. The van der Waals surface area contributed by atoms with E-state index in [1.54, 1.807) is 0 Å². The summed E-state index contributed by atoms with van der Waals surface area (Å²) in [5, 5.41) is 4.30. The van der Waals surface area contributed by atoms with E-state index < -0.39 is 0 Å². The highest BCUT2D eigenvalue weighted by Gasteiger charge is 2.16. The van der Waals surface area contributed by atoms with Gasteiger partial charge in [0, 0.05) is 22.7 Å². The van der Waals surface area contributed by atoms with E-state index in [1.165, 1.54) is 19.4 Å². The van der Waals surface area contributed by atoms with Crippen molar-refractivity contribution in [3.8, 4) is 0 Å². The molecule has 1 aliphatic heterocycles. The molecule has 0 saturated carbocycles. The van der Waals surface area contributed by atoms with Crippen LogP contribution in [0.3, 0.4) is 0 Å². The molecule has 88 valence electrons. The molecule has 0 aromatic heterocycles. The highest BCUT2D eigenvalue weighted by Crippen LogP contribution is 2.26. The maximum atomic E-state index is 5.96. The lowest BCUT2D eigenvalue weighted by atomic mass is 10.1. The van der Waals surface area contributed by atoms with Crippen molar-refractivity contribution < 1.29 is 0 Å². The third kappa shape index (κ3) is 3.12. The molecule has 1 unspecified atom stereocenters. The van der Waals surface area contributed by atoms with Gasteiger partial charge in [-0.3, -0.25) is 0 Å². The van der Waals surface area contributed by atoms with Crippen molar-refractivity contribution in [3.63, 3.8) is 0 Å². The van der Waals surface area contributed by atoms with Crippen LogP contribution in [-0.4, -0.2) is 31.1 Å². The van der Waals surface area contributed by atoms with Crippen molar-refractivity contribution in [3.05, 3.63) is 27.7 Å². The van der Waals surface area contributed by atoms with Gasteiger partial charge < -0.3 is 10.2 Å². The zero-order chi connectivity index (χ0) is 11.5. The van der Waals surface area contributed by atoms with Gasteiger partial charge in [0.1, 0.15) is 0 Å². The van der Waals surface area contributed by atoms with E-state index in [0.29, 0.717) is 6.04 Å². The van der Waals surface area contributed by atoms with E-state index in [9.17, 15) is 0 Å². The summed E-state index contributed by atoms with van der Waals surface area (Å²) in [6.45, 7) is 2.32. The summed E-state index contributed by atoms with van der Waals surface area (Å²) in [5.74, 6) is 0. The largest absolute Gasteiger partial charge is 0.381 e. The molecule has 2 nitrogen and oxygen atoms in total. The molecule has 0 radical (unpaired) electrons. The number of benzene rings is 1. The molecule has 0 bridgehead atoms. The molecule has 1 aromatic carbocycles. The lowest BCUT2D eigenvalue weighted by Gasteiger charge is -2.30. The normalized spacial score (nSPS) is 22.1. The van der Waals surface area contributed by atoms with Gasteiger partial charge in [0.2, 0.25) is 0 Å². The number of rotatable bonds is 2. The van der Waals surface area contributed by atoms with Crippen LogP contribution in [0.2, 0.25) is 5.02 Å². The van der Waals surface area contributed by atoms with Crippen LogP contribution < -0.4 is 5.32 Å². The minimum atomic E-state index is 0.548. The van der Waals surface area contributed by atoms with Crippen LogP contribution in [0.25, 0.3) is 0 Å². The van der Waals surface area contributed by atoms with E-state index in [2.05, 4.69) is 33.2 Å². The Balaban J connectivity index is 2.00. The highest BCUT2D eigenvalue weighted by atomic mass is 79.9. The molecule has 0 amide bonds. The quantitative estimate of drug-likeness (QED) is 0.898. The minimum absolute atomic E-state index is 0.548. The van der Waals surface area contributed by atoms with Crippen LogP contribution in [0.1, 0.15) is 12.8 Å². The van der Waals surface area contributed by atoms with Gasteiger partial charge in [-0.15, -0.1) is 0 Å². The number of halogens is 2. The second kappa shape index (κ2) is 5.39. The van der Waals surface area contributed by atoms with Gasteiger partial charge in [0.05, 0.1) is 5.02 Å². The van der Waals surface area contributed by atoms with Gasteiger partial charge in [-0.2, -0.15) is 0 Å². The zero-order valence-electron chi connectivity index (χ0n) is 9.34. The summed E-state index contributed by atoms with van der Waals surface area (Å²) in [4.78, 5) is 2.37. The summed E-state index contributed by atoms with van der Waals surface area (Å²) in [6.07, 6.45) is 2.51. The fraction of sp³-hybridized carbons (Fsp3) is 0.500. The van der Waals surface area contributed by atoms with Gasteiger partial charge >= 0.3 is 0 Å². The Morgan fingerprint density at radius 3 is 3.00 bits per heavy atom. The molecule has 1 fully saturated rings. The first-order valence-electron chi connectivity index (χ1n) is 5.55. The summed E-state index contributed by atoms with van der Waals surface area (Å²) in [5.41, 5.74) is 1.14. The number of nitrogens with one attached hydrogen (secondary N) is 1. The number of piperidine rings is 1. The molecular weight excluding hydrogens is 288 g/mol. The lowest BCUT2D eigenvalue weighted by molar-refractivity contribution is 0.261. The first kappa shape index (κ1) is 12.2. The standard InChI is InChI=1S/C12H16BrClN2/c1-16-6-2-3-10(8-16)15-9-4-5-12(14)11(13)7-9/h4-5,7,10,15H,2-3,6,8H2,1H3. The number of anilines is 1. The number of likely N-dealkylation sites (tertiary alicyclic amines) is 1. The smallest absolute Gasteiger partial charge is 0.0549 e. The molecule has 1 N–H and O–H groups in total.